The molecule has 3 nitrogen and oxygen atoms in total. The van der Waals surface area contributed by atoms with Crippen LogP contribution in [0.2, 0.25) is 5.02 Å². The second-order valence-corrected chi connectivity index (χ2v) is 6.03. The lowest BCUT2D eigenvalue weighted by molar-refractivity contribution is -0.116. The highest BCUT2D eigenvalue weighted by molar-refractivity contribution is 6.32. The van der Waals surface area contributed by atoms with Gasteiger partial charge in [-0.25, -0.2) is 0 Å². The first-order valence-electron chi connectivity index (χ1n) is 8.18. The summed E-state index contributed by atoms with van der Waals surface area (Å²) in [5.41, 5.74) is 4.62. The molecule has 24 heavy (non-hydrogen) atoms. The maximum atomic E-state index is 12.3. The fraction of sp³-hybridized carbons (Fsp3) is 0.300. The Kier molecular flexibility index (Phi) is 6.40. The monoisotopic (exact) mass is 340 g/mol. The molecule has 0 heterocycles. The zero-order chi connectivity index (χ0) is 17.5. The van der Waals surface area contributed by atoms with Crippen molar-refractivity contribution in [2.75, 3.05) is 5.32 Å². The van der Waals surface area contributed by atoms with Crippen LogP contribution in [0.5, 0.6) is 0 Å². The second-order valence-electron chi connectivity index (χ2n) is 5.62. The van der Waals surface area contributed by atoms with E-state index in [1.165, 1.54) is 0 Å². The zero-order valence-corrected chi connectivity index (χ0v) is 14.8. The summed E-state index contributed by atoms with van der Waals surface area (Å²) in [5.74, 6) is -0.0222. The summed E-state index contributed by atoms with van der Waals surface area (Å²) < 4.78 is 0. The summed E-state index contributed by atoms with van der Waals surface area (Å²) in [6, 6.07) is 13.3. The first-order chi connectivity index (χ1) is 11.6. The van der Waals surface area contributed by atoms with Gasteiger partial charge in [0.25, 0.3) is 0 Å². The van der Waals surface area contributed by atoms with Gasteiger partial charge < -0.3 is 5.32 Å². The largest absolute Gasteiger partial charge is 0.326 e. The maximum Gasteiger partial charge on any atom is 0.224 e. The van der Waals surface area contributed by atoms with Crippen LogP contribution in [0, 0.1) is 11.3 Å². The number of carbonyl (C=O) groups excluding carboxylic acids is 1. The molecule has 2 aromatic rings. The molecule has 0 bridgehead atoms. The van der Waals surface area contributed by atoms with E-state index in [4.69, 9.17) is 16.9 Å². The number of amides is 1. The van der Waals surface area contributed by atoms with Gasteiger partial charge in [0.15, 0.2) is 0 Å². The number of nitrogens with one attached hydrogen (secondary N) is 1. The molecule has 0 aliphatic rings. The molecule has 124 valence electrons. The molecule has 0 aromatic heterocycles. The average Bonchev–Trinajstić information content (AvgIpc) is 2.61. The van der Waals surface area contributed by atoms with Crippen LogP contribution in [0.25, 0.3) is 0 Å². The molecular weight excluding hydrogens is 320 g/mol. The third kappa shape index (κ3) is 4.37. The van der Waals surface area contributed by atoms with Gasteiger partial charge in [-0.15, -0.1) is 0 Å². The molecule has 0 aliphatic heterocycles. The van der Waals surface area contributed by atoms with Crippen LogP contribution < -0.4 is 5.32 Å². The Hall–Kier alpha value is -2.31. The predicted octanol–water partition coefficient (Wildman–Crippen LogP) is 4.91. The van der Waals surface area contributed by atoms with E-state index in [9.17, 15) is 4.79 Å². The Morgan fingerprint density at radius 2 is 1.83 bits per heavy atom. The molecule has 0 saturated carbocycles. The SMILES string of the molecule is CCc1ccc(Cl)c(CC)c1NC(=O)CCc1ccc(C#N)cc1. The first kappa shape index (κ1) is 18.0. The van der Waals surface area contributed by atoms with Gasteiger partial charge in [-0.05, 0) is 54.2 Å². The van der Waals surface area contributed by atoms with E-state index < -0.39 is 0 Å². The third-order valence-electron chi connectivity index (χ3n) is 4.06. The van der Waals surface area contributed by atoms with Gasteiger partial charge >= 0.3 is 0 Å². The Morgan fingerprint density at radius 1 is 1.12 bits per heavy atom. The Bertz CT molecular complexity index is 760. The van der Waals surface area contributed by atoms with Gasteiger partial charge in [-0.3, -0.25) is 4.79 Å². The van der Waals surface area contributed by atoms with Crippen molar-refractivity contribution >= 4 is 23.2 Å². The minimum Gasteiger partial charge on any atom is -0.326 e. The number of hydrogen-bond acceptors (Lipinski definition) is 2. The van der Waals surface area contributed by atoms with Crippen molar-refractivity contribution < 1.29 is 4.79 Å². The van der Waals surface area contributed by atoms with Crippen molar-refractivity contribution in [3.05, 3.63) is 63.7 Å². The molecular formula is C20H21ClN2O. The topological polar surface area (TPSA) is 52.9 Å². The normalized spacial score (nSPS) is 10.2. The first-order valence-corrected chi connectivity index (χ1v) is 8.56. The number of halogens is 1. The van der Waals surface area contributed by atoms with Crippen LogP contribution >= 0.6 is 11.6 Å². The molecule has 2 aromatic carbocycles. The highest BCUT2D eigenvalue weighted by Gasteiger charge is 2.13. The van der Waals surface area contributed by atoms with Crippen molar-refractivity contribution in [1.29, 1.82) is 5.26 Å². The summed E-state index contributed by atoms with van der Waals surface area (Å²) in [7, 11) is 0. The predicted molar refractivity (Wildman–Crippen MR) is 98.3 cm³/mol. The molecule has 0 unspecified atom stereocenters. The van der Waals surface area contributed by atoms with E-state index in [0.29, 0.717) is 23.4 Å². The van der Waals surface area contributed by atoms with E-state index in [1.54, 1.807) is 12.1 Å². The maximum absolute atomic E-state index is 12.3. The summed E-state index contributed by atoms with van der Waals surface area (Å²) in [4.78, 5) is 12.3. The molecule has 2 rings (SSSR count). The second kappa shape index (κ2) is 8.52. The third-order valence-corrected chi connectivity index (χ3v) is 4.42. The van der Waals surface area contributed by atoms with Crippen molar-refractivity contribution in [3.8, 4) is 6.07 Å². The molecule has 0 atom stereocenters. The highest BCUT2D eigenvalue weighted by atomic mass is 35.5. The lowest BCUT2D eigenvalue weighted by atomic mass is 10.0. The molecule has 4 heteroatoms. The van der Waals surface area contributed by atoms with E-state index in [1.807, 2.05) is 31.2 Å². The van der Waals surface area contributed by atoms with Crippen molar-refractivity contribution in [2.45, 2.75) is 39.5 Å². The van der Waals surface area contributed by atoms with Crippen LogP contribution in [-0.2, 0) is 24.1 Å². The summed E-state index contributed by atoms with van der Waals surface area (Å²) in [6.07, 6.45) is 2.65. The summed E-state index contributed by atoms with van der Waals surface area (Å²) in [6.45, 7) is 4.10. The fourth-order valence-electron chi connectivity index (χ4n) is 2.67. The average molecular weight is 341 g/mol. The van der Waals surface area contributed by atoms with Crippen molar-refractivity contribution in [1.82, 2.24) is 0 Å². The number of carbonyl (C=O) groups is 1. The number of rotatable bonds is 6. The van der Waals surface area contributed by atoms with Crippen molar-refractivity contribution in [2.24, 2.45) is 0 Å². The Labute approximate surface area is 148 Å². The number of benzene rings is 2. The number of nitrogens with zero attached hydrogens (tertiary/aromatic N) is 1. The molecule has 0 spiro atoms. The van der Waals surface area contributed by atoms with E-state index in [2.05, 4.69) is 18.3 Å². The van der Waals surface area contributed by atoms with Gasteiger partial charge in [0.2, 0.25) is 5.91 Å². The standard InChI is InChI=1S/C20H21ClN2O/c1-3-16-10-11-18(21)17(4-2)20(16)23-19(24)12-9-14-5-7-15(13-22)8-6-14/h5-8,10-11H,3-4,9,12H2,1-2H3,(H,23,24). The Morgan fingerprint density at radius 3 is 2.42 bits per heavy atom. The Balaban J connectivity index is 2.06. The van der Waals surface area contributed by atoms with Crippen molar-refractivity contribution in [3.63, 3.8) is 0 Å². The molecule has 1 amide bonds. The quantitative estimate of drug-likeness (QED) is 0.812. The van der Waals surface area contributed by atoms with Gasteiger partial charge in [0.05, 0.1) is 11.6 Å². The van der Waals surface area contributed by atoms with Crippen LogP contribution in [-0.4, -0.2) is 5.91 Å². The van der Waals surface area contributed by atoms with Gasteiger partial charge in [0.1, 0.15) is 0 Å². The number of hydrogen-bond donors (Lipinski definition) is 1. The zero-order valence-electron chi connectivity index (χ0n) is 14.0. The van der Waals surface area contributed by atoms with Crippen LogP contribution in [0.3, 0.4) is 0 Å². The number of nitriles is 1. The van der Waals surface area contributed by atoms with E-state index >= 15 is 0 Å². The van der Waals surface area contributed by atoms with Gasteiger partial charge in [-0.2, -0.15) is 5.26 Å². The lowest BCUT2D eigenvalue weighted by Crippen LogP contribution is -2.15. The summed E-state index contributed by atoms with van der Waals surface area (Å²) >= 11 is 6.27. The van der Waals surface area contributed by atoms with E-state index in [-0.39, 0.29) is 5.91 Å². The molecule has 0 saturated heterocycles. The molecule has 0 radical (unpaired) electrons. The molecule has 0 aliphatic carbocycles. The minimum atomic E-state index is -0.0222. The molecule has 0 fully saturated rings. The van der Waals surface area contributed by atoms with Gasteiger partial charge in [-0.1, -0.05) is 43.6 Å². The fourth-order valence-corrected chi connectivity index (χ4v) is 2.96. The minimum absolute atomic E-state index is 0.0222. The van der Waals surface area contributed by atoms with Gasteiger partial charge in [0, 0.05) is 17.1 Å². The van der Waals surface area contributed by atoms with Crippen LogP contribution in [0.15, 0.2) is 36.4 Å². The van der Waals surface area contributed by atoms with Crippen LogP contribution in [0.1, 0.15) is 42.5 Å². The van der Waals surface area contributed by atoms with E-state index in [0.717, 1.165) is 35.2 Å². The van der Waals surface area contributed by atoms with Crippen LogP contribution in [0.4, 0.5) is 5.69 Å². The molecule has 1 N–H and O–H groups in total. The highest BCUT2D eigenvalue weighted by Crippen LogP contribution is 2.29. The lowest BCUT2D eigenvalue weighted by Gasteiger charge is -2.16. The number of anilines is 1. The number of aryl methyl sites for hydroxylation is 2. The summed E-state index contributed by atoms with van der Waals surface area (Å²) in [5, 5.41) is 12.5. The smallest absolute Gasteiger partial charge is 0.224 e.